The Morgan fingerprint density at radius 3 is 2.32 bits per heavy atom. The van der Waals surface area contributed by atoms with Crippen molar-refractivity contribution in [2.24, 2.45) is 5.92 Å². The number of aromatic nitrogens is 4. The van der Waals surface area contributed by atoms with Crippen molar-refractivity contribution in [3.05, 3.63) is 34.5 Å². The molecule has 0 aliphatic carbocycles. The molecule has 2 saturated heterocycles. The Morgan fingerprint density at radius 1 is 0.882 bits per heavy atom. The third-order valence-corrected chi connectivity index (χ3v) is 9.16. The van der Waals surface area contributed by atoms with E-state index in [1.807, 2.05) is 0 Å². The fraction of sp³-hybridized carbons (Fsp3) is 0.458. The van der Waals surface area contributed by atoms with E-state index < -0.39 is 0 Å². The van der Waals surface area contributed by atoms with Crippen molar-refractivity contribution in [2.45, 2.75) is 26.7 Å². The van der Waals surface area contributed by atoms with Crippen LogP contribution in [0.4, 0.5) is 11.6 Å². The van der Waals surface area contributed by atoms with E-state index in [9.17, 15) is 4.79 Å². The smallest absolute Gasteiger partial charge is 0.225 e. The highest BCUT2D eigenvalue weighted by Gasteiger charge is 2.32. The van der Waals surface area contributed by atoms with E-state index in [-0.39, 0.29) is 5.92 Å². The van der Waals surface area contributed by atoms with Crippen LogP contribution in [0.3, 0.4) is 0 Å². The lowest BCUT2D eigenvalue weighted by Crippen LogP contribution is -2.52. The number of anilines is 2. The Bertz CT molecular complexity index is 1350. The predicted molar refractivity (Wildman–Crippen MR) is 138 cm³/mol. The summed E-state index contributed by atoms with van der Waals surface area (Å²) in [4.78, 5) is 41.4. The molecule has 0 aromatic carbocycles. The summed E-state index contributed by atoms with van der Waals surface area (Å²) in [6, 6.07) is 2.09. The van der Waals surface area contributed by atoms with Crippen molar-refractivity contribution in [3.63, 3.8) is 0 Å². The van der Waals surface area contributed by atoms with Crippen LogP contribution in [0.15, 0.2) is 24.1 Å². The lowest BCUT2D eigenvalue weighted by Gasteiger charge is -2.39. The second-order valence-corrected chi connectivity index (χ2v) is 11.2. The zero-order chi connectivity index (χ0) is 23.2. The van der Waals surface area contributed by atoms with Crippen LogP contribution in [0.2, 0.25) is 0 Å². The number of thiophene rings is 2. The number of piperazine rings is 1. The number of fused-ring (bicyclic) bond motifs is 2. The Balaban J connectivity index is 1.09. The molecule has 6 rings (SSSR count). The minimum Gasteiger partial charge on any atom is -0.356 e. The topological polar surface area (TPSA) is 78.4 Å². The van der Waals surface area contributed by atoms with E-state index in [2.05, 4.69) is 59.9 Å². The second-order valence-electron chi connectivity index (χ2n) is 9.07. The van der Waals surface area contributed by atoms with Gasteiger partial charge < -0.3 is 14.7 Å². The highest BCUT2D eigenvalue weighted by molar-refractivity contribution is 7.18. The first kappa shape index (κ1) is 21.7. The summed E-state index contributed by atoms with van der Waals surface area (Å²) >= 11 is 3.37. The summed E-state index contributed by atoms with van der Waals surface area (Å²) in [6.07, 6.45) is 5.05. The van der Waals surface area contributed by atoms with Gasteiger partial charge in [0.05, 0.1) is 10.8 Å². The van der Waals surface area contributed by atoms with Crippen LogP contribution < -0.4 is 9.80 Å². The molecular formula is C24H27N7OS2. The van der Waals surface area contributed by atoms with E-state index in [1.54, 1.807) is 35.3 Å². The highest BCUT2D eigenvalue weighted by Crippen LogP contribution is 2.36. The molecule has 2 fully saturated rings. The van der Waals surface area contributed by atoms with E-state index in [1.165, 1.54) is 15.8 Å². The number of rotatable bonds is 3. The first-order valence-electron chi connectivity index (χ1n) is 11.8. The van der Waals surface area contributed by atoms with Gasteiger partial charge in [-0.25, -0.2) is 19.9 Å². The zero-order valence-corrected chi connectivity index (χ0v) is 21.0. The number of carbonyl (C=O) groups is 1. The summed E-state index contributed by atoms with van der Waals surface area (Å²) in [5.41, 5.74) is 1.27. The highest BCUT2D eigenvalue weighted by atomic mass is 32.1. The van der Waals surface area contributed by atoms with Crippen LogP contribution in [0.25, 0.3) is 20.4 Å². The fourth-order valence-corrected chi connectivity index (χ4v) is 6.89. The van der Waals surface area contributed by atoms with E-state index >= 15 is 0 Å². The predicted octanol–water partition coefficient (Wildman–Crippen LogP) is 3.88. The molecule has 6 heterocycles. The minimum absolute atomic E-state index is 0.0908. The van der Waals surface area contributed by atoms with Gasteiger partial charge in [-0.3, -0.25) is 4.79 Å². The van der Waals surface area contributed by atoms with Crippen molar-refractivity contribution in [1.29, 1.82) is 0 Å². The van der Waals surface area contributed by atoms with Gasteiger partial charge >= 0.3 is 0 Å². The first-order chi connectivity index (χ1) is 16.6. The molecule has 4 aromatic heterocycles. The number of carbonyl (C=O) groups excluding carboxylic acids is 1. The van der Waals surface area contributed by atoms with Crippen molar-refractivity contribution in [3.8, 4) is 0 Å². The lowest BCUT2D eigenvalue weighted by molar-refractivity contribution is -0.136. The summed E-state index contributed by atoms with van der Waals surface area (Å²) in [5.74, 6) is 2.41. The van der Waals surface area contributed by atoms with Gasteiger partial charge in [0.2, 0.25) is 5.91 Å². The summed E-state index contributed by atoms with van der Waals surface area (Å²) in [6.45, 7) is 9.11. The van der Waals surface area contributed by atoms with Gasteiger partial charge in [-0.05, 0) is 43.7 Å². The molecule has 4 aromatic rings. The largest absolute Gasteiger partial charge is 0.356 e. The fourth-order valence-electron chi connectivity index (χ4n) is 5.17. The molecule has 10 heteroatoms. The van der Waals surface area contributed by atoms with Gasteiger partial charge in [0.15, 0.2) is 0 Å². The molecule has 0 N–H and O–H groups in total. The van der Waals surface area contributed by atoms with E-state index in [0.717, 1.165) is 78.8 Å². The van der Waals surface area contributed by atoms with Crippen LogP contribution >= 0.6 is 22.7 Å². The van der Waals surface area contributed by atoms with Crippen LogP contribution in [0.5, 0.6) is 0 Å². The Labute approximate surface area is 206 Å². The Morgan fingerprint density at radius 2 is 1.56 bits per heavy atom. The van der Waals surface area contributed by atoms with Crippen LogP contribution in [-0.4, -0.2) is 70.0 Å². The number of amides is 1. The van der Waals surface area contributed by atoms with Crippen LogP contribution in [0.1, 0.15) is 23.3 Å². The van der Waals surface area contributed by atoms with Crippen LogP contribution in [-0.2, 0) is 4.79 Å². The van der Waals surface area contributed by atoms with E-state index in [0.29, 0.717) is 5.91 Å². The van der Waals surface area contributed by atoms with Gasteiger partial charge in [-0.15, -0.1) is 22.7 Å². The van der Waals surface area contributed by atoms with Gasteiger partial charge in [0.1, 0.15) is 34.0 Å². The number of nitrogens with zero attached hydrogens (tertiary/aromatic N) is 7. The maximum atomic E-state index is 13.3. The number of hydrogen-bond donors (Lipinski definition) is 0. The number of aryl methyl sites for hydroxylation is 2. The van der Waals surface area contributed by atoms with Crippen molar-refractivity contribution in [2.75, 3.05) is 49.1 Å². The molecule has 0 saturated carbocycles. The summed E-state index contributed by atoms with van der Waals surface area (Å²) < 4.78 is 0. The Kier molecular flexibility index (Phi) is 5.57. The third kappa shape index (κ3) is 3.69. The summed E-state index contributed by atoms with van der Waals surface area (Å²) in [5, 5.41) is 4.34. The van der Waals surface area contributed by atoms with E-state index in [4.69, 9.17) is 0 Å². The van der Waals surface area contributed by atoms with Gasteiger partial charge in [0.25, 0.3) is 0 Å². The number of hydrogen-bond acceptors (Lipinski definition) is 9. The zero-order valence-electron chi connectivity index (χ0n) is 19.4. The van der Waals surface area contributed by atoms with Gasteiger partial charge in [0, 0.05) is 50.1 Å². The molecule has 1 amide bonds. The van der Waals surface area contributed by atoms with Gasteiger partial charge in [-0.1, -0.05) is 0 Å². The molecule has 176 valence electrons. The SMILES string of the molecule is Cc1sc2ncnc(N3CCC(C(=O)N4CCN(c5ncnc6sccc56)CC4)CC3)c2c1C. The second kappa shape index (κ2) is 8.74. The monoisotopic (exact) mass is 493 g/mol. The molecule has 2 aliphatic rings. The maximum absolute atomic E-state index is 13.3. The molecule has 8 nitrogen and oxygen atoms in total. The average molecular weight is 494 g/mol. The molecule has 34 heavy (non-hydrogen) atoms. The van der Waals surface area contributed by atoms with Crippen molar-refractivity contribution in [1.82, 2.24) is 24.8 Å². The normalized spacial score (nSPS) is 17.8. The molecule has 0 spiro atoms. The standard InChI is InChI=1S/C24H27N7OS2/c1-15-16(2)34-23-19(15)21(26-14-28-23)29-6-3-17(4-7-29)24(32)31-10-8-30(9-11-31)20-18-5-12-33-22(18)27-13-25-20/h5,12-14,17H,3-4,6-11H2,1-2H3. The molecule has 0 radical (unpaired) electrons. The summed E-state index contributed by atoms with van der Waals surface area (Å²) in [7, 11) is 0. The van der Waals surface area contributed by atoms with Crippen LogP contribution in [0, 0.1) is 19.8 Å². The molecular weight excluding hydrogens is 466 g/mol. The van der Waals surface area contributed by atoms with Gasteiger partial charge in [-0.2, -0.15) is 0 Å². The first-order valence-corrected chi connectivity index (χ1v) is 13.5. The average Bonchev–Trinajstić information content (AvgIpc) is 3.48. The number of piperidine rings is 1. The minimum atomic E-state index is 0.0908. The van der Waals surface area contributed by atoms with Crippen molar-refractivity contribution >= 4 is 60.6 Å². The molecule has 0 bridgehead atoms. The maximum Gasteiger partial charge on any atom is 0.225 e. The molecule has 2 aliphatic heterocycles. The van der Waals surface area contributed by atoms with Crippen molar-refractivity contribution < 1.29 is 4.79 Å². The molecule has 0 atom stereocenters. The Hall–Kier alpha value is -2.85. The quantitative estimate of drug-likeness (QED) is 0.429. The lowest BCUT2D eigenvalue weighted by atomic mass is 9.94. The molecule has 0 unspecified atom stereocenters. The third-order valence-electron chi connectivity index (χ3n) is 7.22.